The number of nitrogens with zero attached hydrogens (tertiary/aromatic N) is 1. The van der Waals surface area contributed by atoms with Crippen molar-refractivity contribution in [2.24, 2.45) is 0 Å². The third kappa shape index (κ3) is 2.44. The van der Waals surface area contributed by atoms with E-state index in [-0.39, 0.29) is 18.0 Å². The zero-order valence-electron chi connectivity index (χ0n) is 9.00. The van der Waals surface area contributed by atoms with Crippen LogP contribution in [0.15, 0.2) is 0 Å². The maximum atomic E-state index is 11.6. The summed E-state index contributed by atoms with van der Waals surface area (Å²) >= 11 is 0. The number of carbonyl (C=O) groups excluding carboxylic acids is 1. The number of carbonyl (C=O) groups is 1. The van der Waals surface area contributed by atoms with Crippen LogP contribution in [0.4, 0.5) is 0 Å². The first-order chi connectivity index (χ1) is 6.02. The van der Waals surface area contributed by atoms with Crippen molar-refractivity contribution in [1.82, 2.24) is 10.2 Å². The Morgan fingerprint density at radius 1 is 1.38 bits per heavy atom. The first-order valence-electron chi connectivity index (χ1n) is 5.08. The molecular weight excluding hydrogens is 164 g/mol. The summed E-state index contributed by atoms with van der Waals surface area (Å²) < 4.78 is 0. The minimum Gasteiger partial charge on any atom is -0.353 e. The normalized spacial score (nSPS) is 23.4. The van der Waals surface area contributed by atoms with Crippen molar-refractivity contribution in [3.8, 4) is 0 Å². The van der Waals surface area contributed by atoms with Crippen molar-refractivity contribution >= 4 is 5.91 Å². The van der Waals surface area contributed by atoms with Gasteiger partial charge >= 0.3 is 0 Å². The average molecular weight is 184 g/mol. The zero-order chi connectivity index (χ0) is 10.0. The van der Waals surface area contributed by atoms with Gasteiger partial charge in [-0.15, -0.1) is 0 Å². The number of hydrogen-bond donors (Lipinski definition) is 1. The molecule has 0 aliphatic carbocycles. The lowest BCUT2D eigenvalue weighted by Crippen LogP contribution is -2.59. The molecule has 0 bridgehead atoms. The minimum atomic E-state index is 0.127. The third-order valence-electron chi connectivity index (χ3n) is 2.46. The molecule has 0 unspecified atom stereocenters. The highest BCUT2D eigenvalue weighted by molar-refractivity contribution is 5.82. The summed E-state index contributed by atoms with van der Waals surface area (Å²) in [4.78, 5) is 13.8. The highest BCUT2D eigenvalue weighted by Crippen LogP contribution is 2.20. The molecule has 1 saturated heterocycles. The van der Waals surface area contributed by atoms with Crippen molar-refractivity contribution in [1.29, 1.82) is 0 Å². The van der Waals surface area contributed by atoms with Crippen LogP contribution in [-0.4, -0.2) is 35.5 Å². The molecule has 1 aliphatic rings. The number of nitrogens with one attached hydrogen (secondary N) is 1. The van der Waals surface area contributed by atoms with Crippen molar-refractivity contribution in [3.05, 3.63) is 0 Å². The van der Waals surface area contributed by atoms with Crippen LogP contribution in [0.3, 0.4) is 0 Å². The van der Waals surface area contributed by atoms with Crippen LogP contribution < -0.4 is 5.32 Å². The fourth-order valence-electron chi connectivity index (χ4n) is 1.69. The van der Waals surface area contributed by atoms with Crippen LogP contribution >= 0.6 is 0 Å². The first-order valence-corrected chi connectivity index (χ1v) is 5.08. The summed E-state index contributed by atoms with van der Waals surface area (Å²) in [5.41, 5.74) is 0. The maximum Gasteiger partial charge on any atom is 0.237 e. The Balaban J connectivity index is 2.40. The van der Waals surface area contributed by atoms with Gasteiger partial charge in [0.15, 0.2) is 0 Å². The van der Waals surface area contributed by atoms with E-state index in [0.717, 1.165) is 13.0 Å². The average Bonchev–Trinajstić information content (AvgIpc) is 1.79. The highest BCUT2D eigenvalue weighted by Gasteiger charge is 2.35. The zero-order valence-corrected chi connectivity index (χ0v) is 9.00. The standard InChI is InChI=1S/C10H20N2O/c1-7(2)11-10(13)9-5-6-12(9)8(3)4/h7-9H,5-6H2,1-4H3,(H,11,13)/t9-/m0/s1. The molecule has 1 amide bonds. The lowest BCUT2D eigenvalue weighted by Gasteiger charge is -2.42. The quantitative estimate of drug-likeness (QED) is 0.709. The third-order valence-corrected chi connectivity index (χ3v) is 2.46. The molecule has 13 heavy (non-hydrogen) atoms. The Hall–Kier alpha value is -0.570. The van der Waals surface area contributed by atoms with E-state index in [1.54, 1.807) is 0 Å². The maximum absolute atomic E-state index is 11.6. The fourth-order valence-corrected chi connectivity index (χ4v) is 1.69. The summed E-state index contributed by atoms with van der Waals surface area (Å²) in [5, 5.41) is 2.95. The molecule has 1 heterocycles. The predicted molar refractivity (Wildman–Crippen MR) is 53.5 cm³/mol. The Kier molecular flexibility index (Phi) is 3.31. The largest absolute Gasteiger partial charge is 0.353 e. The number of rotatable bonds is 3. The van der Waals surface area contributed by atoms with Gasteiger partial charge in [-0.2, -0.15) is 0 Å². The van der Waals surface area contributed by atoms with Gasteiger partial charge in [0.05, 0.1) is 6.04 Å². The molecule has 0 aromatic heterocycles. The van der Waals surface area contributed by atoms with Gasteiger partial charge in [-0.3, -0.25) is 9.69 Å². The summed E-state index contributed by atoms with van der Waals surface area (Å²) in [6.07, 6.45) is 1.01. The van der Waals surface area contributed by atoms with Gasteiger partial charge in [-0.05, 0) is 34.1 Å². The van der Waals surface area contributed by atoms with Crippen LogP contribution in [0.1, 0.15) is 34.1 Å². The molecule has 1 fully saturated rings. The fraction of sp³-hybridized carbons (Fsp3) is 0.900. The van der Waals surface area contributed by atoms with E-state index in [2.05, 4.69) is 24.1 Å². The smallest absolute Gasteiger partial charge is 0.237 e. The summed E-state index contributed by atoms with van der Waals surface area (Å²) in [6.45, 7) is 9.32. The van der Waals surface area contributed by atoms with E-state index in [1.165, 1.54) is 0 Å². The van der Waals surface area contributed by atoms with Gasteiger partial charge in [0.25, 0.3) is 0 Å². The molecule has 3 heteroatoms. The topological polar surface area (TPSA) is 32.3 Å². The summed E-state index contributed by atoms with van der Waals surface area (Å²) in [6, 6.07) is 0.862. The van der Waals surface area contributed by atoms with E-state index in [9.17, 15) is 4.79 Å². The SMILES string of the molecule is CC(C)NC(=O)[C@@H]1CCN1C(C)C. The van der Waals surface area contributed by atoms with Crippen LogP contribution in [-0.2, 0) is 4.79 Å². The Morgan fingerprint density at radius 3 is 2.31 bits per heavy atom. The van der Waals surface area contributed by atoms with E-state index in [0.29, 0.717) is 6.04 Å². The van der Waals surface area contributed by atoms with E-state index < -0.39 is 0 Å². The van der Waals surface area contributed by atoms with Gasteiger partial charge in [-0.1, -0.05) is 0 Å². The van der Waals surface area contributed by atoms with Gasteiger partial charge in [0.2, 0.25) is 5.91 Å². The lowest BCUT2D eigenvalue weighted by molar-refractivity contribution is -0.132. The molecule has 0 spiro atoms. The second-order valence-corrected chi connectivity index (χ2v) is 4.30. The molecule has 1 aliphatic heterocycles. The number of hydrogen-bond acceptors (Lipinski definition) is 2. The number of amides is 1. The molecule has 1 N–H and O–H groups in total. The van der Waals surface area contributed by atoms with E-state index in [1.807, 2.05) is 13.8 Å². The predicted octanol–water partition coefficient (Wildman–Crippen LogP) is 0.994. The van der Waals surface area contributed by atoms with Crippen LogP contribution in [0.2, 0.25) is 0 Å². The second-order valence-electron chi connectivity index (χ2n) is 4.30. The Morgan fingerprint density at radius 2 is 2.00 bits per heavy atom. The molecule has 0 radical (unpaired) electrons. The molecule has 0 saturated carbocycles. The van der Waals surface area contributed by atoms with Crippen LogP contribution in [0.5, 0.6) is 0 Å². The van der Waals surface area contributed by atoms with Gasteiger partial charge in [0, 0.05) is 18.6 Å². The Bertz CT molecular complexity index is 189. The molecule has 3 nitrogen and oxygen atoms in total. The first kappa shape index (κ1) is 10.5. The van der Waals surface area contributed by atoms with Crippen molar-refractivity contribution in [2.75, 3.05) is 6.54 Å². The van der Waals surface area contributed by atoms with Crippen molar-refractivity contribution in [2.45, 2.75) is 52.2 Å². The molecular formula is C10H20N2O. The lowest BCUT2D eigenvalue weighted by atomic mass is 9.99. The monoisotopic (exact) mass is 184 g/mol. The number of likely N-dealkylation sites (tertiary alicyclic amines) is 1. The molecule has 76 valence electrons. The molecule has 1 rings (SSSR count). The molecule has 0 aromatic carbocycles. The second kappa shape index (κ2) is 4.09. The van der Waals surface area contributed by atoms with Crippen molar-refractivity contribution in [3.63, 3.8) is 0 Å². The van der Waals surface area contributed by atoms with Gasteiger partial charge < -0.3 is 5.32 Å². The summed E-state index contributed by atoms with van der Waals surface area (Å²) in [7, 11) is 0. The highest BCUT2D eigenvalue weighted by atomic mass is 16.2. The van der Waals surface area contributed by atoms with Gasteiger partial charge in [0.1, 0.15) is 0 Å². The van der Waals surface area contributed by atoms with E-state index >= 15 is 0 Å². The molecule has 0 aromatic rings. The molecule has 1 atom stereocenters. The minimum absolute atomic E-state index is 0.127. The van der Waals surface area contributed by atoms with Gasteiger partial charge in [-0.25, -0.2) is 0 Å². The van der Waals surface area contributed by atoms with Crippen LogP contribution in [0, 0.1) is 0 Å². The van der Waals surface area contributed by atoms with E-state index in [4.69, 9.17) is 0 Å². The summed E-state index contributed by atoms with van der Waals surface area (Å²) in [5.74, 6) is 0.190. The van der Waals surface area contributed by atoms with Crippen molar-refractivity contribution < 1.29 is 4.79 Å². The Labute approximate surface area is 80.5 Å². The van der Waals surface area contributed by atoms with Crippen LogP contribution in [0.25, 0.3) is 0 Å².